The number of hydrazine groups is 1. The zero-order valence-corrected chi connectivity index (χ0v) is 12.9. The van der Waals surface area contributed by atoms with Crippen LogP contribution in [-0.2, 0) is 19.2 Å². The average Bonchev–Trinajstić information content (AvgIpc) is 2.67. The van der Waals surface area contributed by atoms with Gasteiger partial charge < -0.3 is 0 Å². The van der Waals surface area contributed by atoms with E-state index in [1.807, 2.05) is 0 Å². The highest BCUT2D eigenvalue weighted by Gasteiger charge is 2.32. The lowest BCUT2D eigenvalue weighted by Crippen LogP contribution is -2.51. The van der Waals surface area contributed by atoms with E-state index in [0.717, 1.165) is 25.7 Å². The van der Waals surface area contributed by atoms with Crippen LogP contribution in [0.15, 0.2) is 0 Å². The zero-order chi connectivity index (χ0) is 15.9. The summed E-state index contributed by atoms with van der Waals surface area (Å²) in [6, 6.07) is 0.179. The van der Waals surface area contributed by atoms with Gasteiger partial charge in [0.15, 0.2) is 0 Å². The van der Waals surface area contributed by atoms with Crippen LogP contribution in [0.25, 0.3) is 0 Å². The largest absolute Gasteiger partial charge is 0.310 e. The Kier molecular flexibility index (Phi) is 6.24. The lowest BCUT2D eigenvalue weighted by Gasteiger charge is -2.31. The van der Waals surface area contributed by atoms with Crippen LogP contribution in [0, 0.1) is 0 Å². The molecule has 0 radical (unpaired) electrons. The predicted molar refractivity (Wildman–Crippen MR) is 79.8 cm³/mol. The van der Waals surface area contributed by atoms with Crippen molar-refractivity contribution in [2.24, 2.45) is 0 Å². The van der Waals surface area contributed by atoms with Crippen molar-refractivity contribution in [1.29, 1.82) is 0 Å². The summed E-state index contributed by atoms with van der Waals surface area (Å²) in [5, 5.41) is 1.79. The van der Waals surface area contributed by atoms with Crippen molar-refractivity contribution in [3.05, 3.63) is 0 Å². The first-order chi connectivity index (χ1) is 10.6. The summed E-state index contributed by atoms with van der Waals surface area (Å²) in [6.07, 6.45) is 9.53. The Morgan fingerprint density at radius 1 is 0.773 bits per heavy atom. The van der Waals surface area contributed by atoms with Gasteiger partial charge in [-0.2, -0.15) is 0 Å². The van der Waals surface area contributed by atoms with Crippen molar-refractivity contribution in [2.45, 2.75) is 70.3 Å². The number of hydrogen-bond donors (Lipinski definition) is 1. The fraction of sp³-hybridized carbons (Fsp3) is 0.750. The van der Waals surface area contributed by atoms with Crippen LogP contribution in [0.5, 0.6) is 0 Å². The van der Waals surface area contributed by atoms with Gasteiger partial charge in [0.25, 0.3) is 11.6 Å². The Bertz CT molecular complexity index is 451. The Balaban J connectivity index is 2.07. The van der Waals surface area contributed by atoms with E-state index in [0.29, 0.717) is 13.0 Å². The van der Waals surface area contributed by atoms with Crippen LogP contribution >= 0.6 is 0 Å². The van der Waals surface area contributed by atoms with E-state index >= 15 is 0 Å². The number of rotatable bonds is 1. The van der Waals surface area contributed by atoms with Crippen LogP contribution in [0.2, 0.25) is 0 Å². The SMILES string of the molecule is O=C1CCCN(C2CCCCCCCC2)NC(=O)C(=O)C1=O. The van der Waals surface area contributed by atoms with Gasteiger partial charge in [-0.3, -0.25) is 24.6 Å². The van der Waals surface area contributed by atoms with E-state index in [1.54, 1.807) is 5.01 Å². The van der Waals surface area contributed by atoms with Gasteiger partial charge in [0.2, 0.25) is 5.78 Å². The molecule has 2 rings (SSSR count). The molecule has 2 fully saturated rings. The summed E-state index contributed by atoms with van der Waals surface area (Å²) in [5.41, 5.74) is 2.57. The third-order valence-corrected chi connectivity index (χ3v) is 4.48. The molecule has 0 aromatic carbocycles. The molecule has 1 aliphatic heterocycles. The molecule has 1 aliphatic carbocycles. The van der Waals surface area contributed by atoms with Crippen molar-refractivity contribution in [1.82, 2.24) is 10.4 Å². The van der Waals surface area contributed by atoms with Gasteiger partial charge in [-0.25, -0.2) is 5.01 Å². The van der Waals surface area contributed by atoms with Crippen molar-refractivity contribution in [3.63, 3.8) is 0 Å². The van der Waals surface area contributed by atoms with Crippen molar-refractivity contribution in [3.8, 4) is 0 Å². The standard InChI is InChI=1S/C16H24N2O4/c19-13-10-7-11-18(17-16(22)15(21)14(13)20)12-8-5-3-1-2-4-6-9-12/h12H,1-11H2,(H,17,22). The topological polar surface area (TPSA) is 83.6 Å². The maximum Gasteiger partial charge on any atom is 0.310 e. The van der Waals surface area contributed by atoms with Crippen LogP contribution in [0.3, 0.4) is 0 Å². The normalized spacial score (nSPS) is 24.5. The molecule has 0 aromatic rings. The first-order valence-corrected chi connectivity index (χ1v) is 8.28. The van der Waals surface area contributed by atoms with Crippen LogP contribution in [0.4, 0.5) is 0 Å². The molecule has 22 heavy (non-hydrogen) atoms. The third-order valence-electron chi connectivity index (χ3n) is 4.48. The fourth-order valence-electron chi connectivity index (χ4n) is 3.19. The third kappa shape index (κ3) is 4.47. The first kappa shape index (κ1) is 16.8. The molecule has 0 atom stereocenters. The molecule has 1 amide bonds. The Hall–Kier alpha value is -1.56. The van der Waals surface area contributed by atoms with Gasteiger partial charge in [0.1, 0.15) is 0 Å². The number of nitrogens with one attached hydrogen (secondary N) is 1. The second kappa shape index (κ2) is 8.17. The van der Waals surface area contributed by atoms with E-state index in [2.05, 4.69) is 5.43 Å². The molecular weight excluding hydrogens is 284 g/mol. The lowest BCUT2D eigenvalue weighted by molar-refractivity contribution is -0.150. The van der Waals surface area contributed by atoms with E-state index < -0.39 is 23.3 Å². The van der Waals surface area contributed by atoms with E-state index in [9.17, 15) is 19.2 Å². The summed E-state index contributed by atoms with van der Waals surface area (Å²) in [4.78, 5) is 46.6. The molecule has 0 unspecified atom stereocenters. The molecule has 0 spiro atoms. The number of Topliss-reactive ketones (excluding diaryl/α,β-unsaturated/α-hetero) is 3. The number of amides is 1. The van der Waals surface area contributed by atoms with Crippen molar-refractivity contribution < 1.29 is 19.2 Å². The molecule has 2 aliphatic rings. The molecule has 122 valence electrons. The maximum atomic E-state index is 11.9. The molecule has 0 bridgehead atoms. The molecule has 1 heterocycles. The monoisotopic (exact) mass is 308 g/mol. The molecule has 1 N–H and O–H groups in total. The number of nitrogens with zero attached hydrogens (tertiary/aromatic N) is 1. The van der Waals surface area contributed by atoms with Gasteiger partial charge in [0.05, 0.1) is 0 Å². The summed E-state index contributed by atoms with van der Waals surface area (Å²) >= 11 is 0. The van der Waals surface area contributed by atoms with Gasteiger partial charge in [-0.05, 0) is 19.3 Å². The van der Waals surface area contributed by atoms with Crippen LogP contribution in [0.1, 0.15) is 64.2 Å². The summed E-state index contributed by atoms with van der Waals surface area (Å²) in [6.45, 7) is 0.503. The van der Waals surface area contributed by atoms with Gasteiger partial charge in [0, 0.05) is 19.0 Å². The highest BCUT2D eigenvalue weighted by Crippen LogP contribution is 2.21. The summed E-state index contributed by atoms with van der Waals surface area (Å²) < 4.78 is 0. The second-order valence-corrected chi connectivity index (χ2v) is 6.17. The molecule has 6 heteroatoms. The predicted octanol–water partition coefficient (Wildman–Crippen LogP) is 1.32. The minimum absolute atomic E-state index is 0.0305. The summed E-state index contributed by atoms with van der Waals surface area (Å²) in [7, 11) is 0. The number of carbonyl (C=O) groups excluding carboxylic acids is 4. The van der Waals surface area contributed by atoms with Crippen LogP contribution in [-0.4, -0.2) is 40.9 Å². The Morgan fingerprint density at radius 2 is 1.36 bits per heavy atom. The minimum atomic E-state index is -1.24. The molecular formula is C16H24N2O4. The van der Waals surface area contributed by atoms with Gasteiger partial charge in [-0.15, -0.1) is 0 Å². The van der Waals surface area contributed by atoms with E-state index in [-0.39, 0.29) is 12.5 Å². The number of ketones is 3. The Labute approximate surface area is 130 Å². The first-order valence-electron chi connectivity index (χ1n) is 8.28. The van der Waals surface area contributed by atoms with Crippen molar-refractivity contribution in [2.75, 3.05) is 6.54 Å². The van der Waals surface area contributed by atoms with Gasteiger partial charge in [-0.1, -0.05) is 38.5 Å². The molecule has 6 nitrogen and oxygen atoms in total. The molecule has 1 saturated carbocycles. The highest BCUT2D eigenvalue weighted by atomic mass is 16.2. The maximum absolute atomic E-state index is 11.9. The quantitative estimate of drug-likeness (QED) is 0.739. The average molecular weight is 308 g/mol. The molecule has 0 aromatic heterocycles. The van der Waals surface area contributed by atoms with E-state index in [1.165, 1.54) is 25.7 Å². The highest BCUT2D eigenvalue weighted by molar-refractivity contribution is 6.77. The van der Waals surface area contributed by atoms with Crippen molar-refractivity contribution >= 4 is 23.3 Å². The lowest BCUT2D eigenvalue weighted by atomic mass is 10.0. The number of hydrogen-bond acceptors (Lipinski definition) is 5. The van der Waals surface area contributed by atoms with Crippen LogP contribution < -0.4 is 5.43 Å². The minimum Gasteiger partial charge on any atom is -0.290 e. The number of carbonyl (C=O) groups is 4. The zero-order valence-electron chi connectivity index (χ0n) is 12.9. The summed E-state index contributed by atoms with van der Waals surface area (Å²) in [5.74, 6) is -4.15. The van der Waals surface area contributed by atoms with E-state index in [4.69, 9.17) is 0 Å². The van der Waals surface area contributed by atoms with Gasteiger partial charge >= 0.3 is 5.91 Å². The Morgan fingerprint density at radius 3 is 2.00 bits per heavy atom. The second-order valence-electron chi connectivity index (χ2n) is 6.17. The fourth-order valence-corrected chi connectivity index (χ4v) is 3.19. The smallest absolute Gasteiger partial charge is 0.290 e. The molecule has 1 saturated heterocycles.